The molecule has 2 aromatic heterocycles. The van der Waals surface area contributed by atoms with Gasteiger partial charge in [0.25, 0.3) is 0 Å². The number of fused-ring (bicyclic) bond motifs is 1. The summed E-state index contributed by atoms with van der Waals surface area (Å²) in [6.07, 6.45) is -2.46. The number of alkyl halides is 3. The number of aliphatic carboxylic acids is 1. The lowest BCUT2D eigenvalue weighted by atomic mass is 9.91. The number of pyridine rings is 1. The summed E-state index contributed by atoms with van der Waals surface area (Å²) < 4.78 is 41.4. The van der Waals surface area contributed by atoms with Gasteiger partial charge in [0.1, 0.15) is 0 Å². The molecular weight excluding hydrogens is 509 g/mol. The second kappa shape index (κ2) is 10.7. The SMILES string of the molecule is O=C(O)Cc1ccc(CNc2cccc(-c3c(Cc4ccccc4)cnc4c(C(F)(F)F)cccc34)c2)s1. The third-order valence-corrected chi connectivity index (χ3v) is 7.26. The highest BCUT2D eigenvalue weighted by Crippen LogP contribution is 2.39. The molecule has 38 heavy (non-hydrogen) atoms. The Labute approximate surface area is 221 Å². The fraction of sp³-hybridized carbons (Fsp3) is 0.133. The summed E-state index contributed by atoms with van der Waals surface area (Å²) >= 11 is 1.43. The number of nitrogens with zero attached hydrogens (tertiary/aromatic N) is 1. The highest BCUT2D eigenvalue weighted by atomic mass is 32.1. The molecule has 0 fully saturated rings. The maximum atomic E-state index is 13.8. The third-order valence-electron chi connectivity index (χ3n) is 6.18. The zero-order chi connectivity index (χ0) is 26.7. The Kier molecular flexibility index (Phi) is 7.15. The highest BCUT2D eigenvalue weighted by molar-refractivity contribution is 7.12. The van der Waals surface area contributed by atoms with Crippen molar-refractivity contribution in [2.45, 2.75) is 25.6 Å². The number of nitrogens with one attached hydrogen (secondary N) is 1. The molecule has 3 aromatic carbocycles. The van der Waals surface area contributed by atoms with Gasteiger partial charge >= 0.3 is 12.1 Å². The molecule has 4 nitrogen and oxygen atoms in total. The Morgan fingerprint density at radius 1 is 0.921 bits per heavy atom. The van der Waals surface area contributed by atoms with Crippen molar-refractivity contribution in [3.63, 3.8) is 0 Å². The molecule has 0 saturated carbocycles. The summed E-state index contributed by atoms with van der Waals surface area (Å²) in [5, 5.41) is 12.8. The Bertz CT molecular complexity index is 1600. The number of carboxylic acid groups (broad SMARTS) is 1. The van der Waals surface area contributed by atoms with Gasteiger partial charge in [-0.15, -0.1) is 11.3 Å². The zero-order valence-corrected chi connectivity index (χ0v) is 20.9. The number of anilines is 1. The molecule has 0 atom stereocenters. The summed E-state index contributed by atoms with van der Waals surface area (Å²) in [6.45, 7) is 0.500. The van der Waals surface area contributed by atoms with Gasteiger partial charge in [-0.25, -0.2) is 0 Å². The maximum Gasteiger partial charge on any atom is 0.418 e. The Balaban J connectivity index is 1.54. The number of hydrogen-bond acceptors (Lipinski definition) is 4. The minimum absolute atomic E-state index is 0.0145. The van der Waals surface area contributed by atoms with E-state index < -0.39 is 17.7 Å². The standard InChI is InChI=1S/C30H23F3N2O2S/c31-30(32,33)26-11-5-10-25-28(21(17-35-29(25)26)14-19-6-2-1-3-7-19)20-8-4-9-22(15-20)34-18-24-13-12-23(38-24)16-27(36)37/h1-13,15,17,34H,14,16,18H2,(H,36,37). The first kappa shape index (κ1) is 25.5. The lowest BCUT2D eigenvalue weighted by Crippen LogP contribution is -2.07. The van der Waals surface area contributed by atoms with E-state index in [2.05, 4.69) is 10.3 Å². The van der Waals surface area contributed by atoms with E-state index in [-0.39, 0.29) is 11.9 Å². The van der Waals surface area contributed by atoms with Crippen molar-refractivity contribution in [2.24, 2.45) is 0 Å². The second-order valence-electron chi connectivity index (χ2n) is 8.89. The molecule has 0 aliphatic carbocycles. The first-order valence-corrected chi connectivity index (χ1v) is 12.7. The van der Waals surface area contributed by atoms with E-state index >= 15 is 0 Å². The van der Waals surface area contributed by atoms with Crippen molar-refractivity contribution in [1.29, 1.82) is 0 Å². The second-order valence-corrected chi connectivity index (χ2v) is 10.1. The van der Waals surface area contributed by atoms with Crippen molar-refractivity contribution in [1.82, 2.24) is 4.98 Å². The van der Waals surface area contributed by atoms with Crippen molar-refractivity contribution in [3.05, 3.63) is 118 Å². The fourth-order valence-corrected chi connectivity index (χ4v) is 5.47. The summed E-state index contributed by atoms with van der Waals surface area (Å²) in [4.78, 5) is 17.0. The largest absolute Gasteiger partial charge is 0.481 e. The Hall–Kier alpha value is -4.17. The van der Waals surface area contributed by atoms with Crippen LogP contribution < -0.4 is 5.32 Å². The molecule has 0 saturated heterocycles. The van der Waals surface area contributed by atoms with Crippen LogP contribution in [0, 0.1) is 0 Å². The fourth-order valence-electron chi connectivity index (χ4n) is 4.52. The molecule has 0 unspecified atom stereocenters. The van der Waals surface area contributed by atoms with E-state index in [1.54, 1.807) is 12.3 Å². The molecule has 0 amide bonds. The van der Waals surface area contributed by atoms with Gasteiger partial charge < -0.3 is 10.4 Å². The molecule has 0 spiro atoms. The quantitative estimate of drug-likeness (QED) is 0.214. The summed E-state index contributed by atoms with van der Waals surface area (Å²) in [5.41, 5.74) is 3.33. The predicted molar refractivity (Wildman–Crippen MR) is 144 cm³/mol. The molecule has 0 aliphatic heterocycles. The van der Waals surface area contributed by atoms with Crippen LogP contribution in [-0.2, 0) is 30.4 Å². The summed E-state index contributed by atoms with van der Waals surface area (Å²) in [5.74, 6) is -0.872. The van der Waals surface area contributed by atoms with Gasteiger partial charge in [-0.2, -0.15) is 13.2 Å². The van der Waals surface area contributed by atoms with E-state index in [0.29, 0.717) is 23.9 Å². The van der Waals surface area contributed by atoms with Crippen LogP contribution in [0.25, 0.3) is 22.0 Å². The van der Waals surface area contributed by atoms with Gasteiger partial charge in [-0.3, -0.25) is 9.78 Å². The van der Waals surface area contributed by atoms with Crippen LogP contribution in [0.15, 0.2) is 91.1 Å². The van der Waals surface area contributed by atoms with E-state index in [0.717, 1.165) is 38.2 Å². The summed E-state index contributed by atoms with van der Waals surface area (Å²) in [7, 11) is 0. The number of halogens is 3. The van der Waals surface area contributed by atoms with Gasteiger partial charge in [-0.05, 0) is 59.0 Å². The summed E-state index contributed by atoms with van der Waals surface area (Å²) in [6, 6.07) is 25.2. The van der Waals surface area contributed by atoms with E-state index in [1.165, 1.54) is 17.4 Å². The monoisotopic (exact) mass is 532 g/mol. The number of hydrogen-bond donors (Lipinski definition) is 2. The lowest BCUT2D eigenvalue weighted by Gasteiger charge is -2.17. The van der Waals surface area contributed by atoms with Crippen LogP contribution in [-0.4, -0.2) is 16.1 Å². The minimum atomic E-state index is -4.52. The molecule has 2 N–H and O–H groups in total. The molecular formula is C30H23F3N2O2S. The highest BCUT2D eigenvalue weighted by Gasteiger charge is 2.33. The van der Waals surface area contributed by atoms with Crippen LogP contribution in [0.5, 0.6) is 0 Å². The molecule has 5 aromatic rings. The number of rotatable bonds is 8. The number of carbonyl (C=O) groups is 1. The minimum Gasteiger partial charge on any atom is -0.481 e. The molecule has 0 aliphatic rings. The number of para-hydroxylation sites is 1. The van der Waals surface area contributed by atoms with Crippen molar-refractivity contribution in [3.8, 4) is 11.1 Å². The number of carboxylic acids is 1. The molecule has 5 rings (SSSR count). The average molecular weight is 533 g/mol. The van der Waals surface area contributed by atoms with Crippen LogP contribution >= 0.6 is 11.3 Å². The zero-order valence-electron chi connectivity index (χ0n) is 20.1. The first-order chi connectivity index (χ1) is 18.3. The van der Waals surface area contributed by atoms with Gasteiger partial charge in [0, 0.05) is 33.6 Å². The van der Waals surface area contributed by atoms with E-state index in [9.17, 15) is 18.0 Å². The van der Waals surface area contributed by atoms with Crippen molar-refractivity contribution in [2.75, 3.05) is 5.32 Å². The lowest BCUT2D eigenvalue weighted by molar-refractivity contribution is -0.137. The van der Waals surface area contributed by atoms with E-state index in [4.69, 9.17) is 5.11 Å². The third kappa shape index (κ3) is 5.70. The van der Waals surface area contributed by atoms with Gasteiger partial charge in [0.2, 0.25) is 0 Å². The Morgan fingerprint density at radius 3 is 2.45 bits per heavy atom. The topological polar surface area (TPSA) is 62.2 Å². The molecule has 0 bridgehead atoms. The molecule has 0 radical (unpaired) electrons. The maximum absolute atomic E-state index is 13.8. The van der Waals surface area contributed by atoms with Gasteiger partial charge in [0.05, 0.1) is 17.5 Å². The molecule has 8 heteroatoms. The first-order valence-electron chi connectivity index (χ1n) is 11.9. The van der Waals surface area contributed by atoms with Crippen LogP contribution in [0.3, 0.4) is 0 Å². The Morgan fingerprint density at radius 2 is 1.68 bits per heavy atom. The molecule has 192 valence electrons. The van der Waals surface area contributed by atoms with Gasteiger partial charge in [0.15, 0.2) is 0 Å². The predicted octanol–water partition coefficient (Wildman–Crippen LogP) is 7.81. The normalized spacial score (nSPS) is 11.6. The van der Waals surface area contributed by atoms with Crippen LogP contribution in [0.4, 0.5) is 18.9 Å². The van der Waals surface area contributed by atoms with Crippen LogP contribution in [0.2, 0.25) is 0 Å². The van der Waals surface area contributed by atoms with Crippen molar-refractivity contribution < 1.29 is 23.1 Å². The van der Waals surface area contributed by atoms with Crippen molar-refractivity contribution >= 4 is 33.9 Å². The number of thiophene rings is 1. The average Bonchev–Trinajstić information content (AvgIpc) is 3.33. The van der Waals surface area contributed by atoms with Gasteiger partial charge in [-0.1, -0.05) is 54.6 Å². The number of benzene rings is 3. The van der Waals surface area contributed by atoms with E-state index in [1.807, 2.05) is 66.7 Å². The number of aromatic nitrogens is 1. The van der Waals surface area contributed by atoms with Crippen LogP contribution in [0.1, 0.15) is 26.4 Å². The molecule has 2 heterocycles. The smallest absolute Gasteiger partial charge is 0.418 e.